The summed E-state index contributed by atoms with van der Waals surface area (Å²) < 4.78 is 15.6. The molecule has 0 aliphatic rings. The van der Waals surface area contributed by atoms with Crippen LogP contribution in [-0.2, 0) is 17.8 Å². The van der Waals surface area contributed by atoms with Crippen molar-refractivity contribution in [2.45, 2.75) is 17.9 Å². The van der Waals surface area contributed by atoms with Gasteiger partial charge in [0.1, 0.15) is 5.82 Å². The van der Waals surface area contributed by atoms with Crippen LogP contribution in [0.25, 0.3) is 10.9 Å². The molecule has 24 heavy (non-hydrogen) atoms. The molecule has 2 aromatic carbocycles. The number of benzene rings is 2. The van der Waals surface area contributed by atoms with E-state index in [1.165, 1.54) is 23.9 Å². The second-order valence-electron chi connectivity index (χ2n) is 5.40. The quantitative estimate of drug-likeness (QED) is 0.652. The van der Waals surface area contributed by atoms with Gasteiger partial charge in [-0.05, 0) is 42.2 Å². The maximum absolute atomic E-state index is 13.7. The molecule has 0 fully saturated rings. The van der Waals surface area contributed by atoms with Crippen molar-refractivity contribution in [3.8, 4) is 0 Å². The van der Waals surface area contributed by atoms with Gasteiger partial charge in [0.2, 0.25) is 0 Å². The van der Waals surface area contributed by atoms with E-state index < -0.39 is 5.97 Å². The zero-order chi connectivity index (χ0) is 17.3. The van der Waals surface area contributed by atoms with Gasteiger partial charge < -0.3 is 14.5 Å². The fraction of sp³-hybridized carbons (Fsp3) is 0.167. The van der Waals surface area contributed by atoms with Crippen molar-refractivity contribution in [1.82, 2.24) is 4.57 Å². The fourth-order valence-corrected chi connectivity index (χ4v) is 3.77. The lowest BCUT2D eigenvalue weighted by molar-refractivity contribution is -0.304. The summed E-state index contributed by atoms with van der Waals surface area (Å²) in [5, 5.41) is 12.6. The van der Waals surface area contributed by atoms with Crippen LogP contribution in [0.4, 0.5) is 4.39 Å². The molecule has 0 aliphatic carbocycles. The topological polar surface area (TPSA) is 45.1 Å². The SMILES string of the molecule is CSc1c(CC(=O)[O-])n(Cc2ccc(Cl)cc2)c2ccc(F)cc12. The Bertz CT molecular complexity index is 906. The molecule has 0 saturated heterocycles. The van der Waals surface area contributed by atoms with Gasteiger partial charge >= 0.3 is 0 Å². The first kappa shape index (κ1) is 16.9. The highest BCUT2D eigenvalue weighted by Crippen LogP contribution is 2.34. The Hall–Kier alpha value is -1.98. The summed E-state index contributed by atoms with van der Waals surface area (Å²) in [5.74, 6) is -1.51. The van der Waals surface area contributed by atoms with Gasteiger partial charge in [0.25, 0.3) is 0 Å². The predicted molar refractivity (Wildman–Crippen MR) is 92.9 cm³/mol. The summed E-state index contributed by atoms with van der Waals surface area (Å²) >= 11 is 7.33. The summed E-state index contributed by atoms with van der Waals surface area (Å²) in [5.41, 5.74) is 2.40. The van der Waals surface area contributed by atoms with Gasteiger partial charge in [-0.2, -0.15) is 0 Å². The van der Waals surface area contributed by atoms with Gasteiger partial charge in [-0.1, -0.05) is 23.7 Å². The van der Waals surface area contributed by atoms with Crippen LogP contribution >= 0.6 is 23.4 Å². The summed E-state index contributed by atoms with van der Waals surface area (Å²) in [6.07, 6.45) is 1.63. The lowest BCUT2D eigenvalue weighted by atomic mass is 10.2. The monoisotopic (exact) mass is 362 g/mol. The van der Waals surface area contributed by atoms with E-state index in [0.717, 1.165) is 16.0 Å². The van der Waals surface area contributed by atoms with Crippen LogP contribution in [0.2, 0.25) is 5.02 Å². The number of fused-ring (bicyclic) bond motifs is 1. The molecular weight excluding hydrogens is 349 g/mol. The third-order valence-corrected chi connectivity index (χ3v) is 4.97. The lowest BCUT2D eigenvalue weighted by Gasteiger charge is -2.13. The minimum Gasteiger partial charge on any atom is -0.550 e. The number of hydrogen-bond acceptors (Lipinski definition) is 3. The first-order valence-corrected chi connectivity index (χ1v) is 8.88. The van der Waals surface area contributed by atoms with Crippen LogP contribution in [0, 0.1) is 5.82 Å². The number of carboxylic acid groups (broad SMARTS) is 1. The number of carbonyl (C=O) groups excluding carboxylic acids is 1. The lowest BCUT2D eigenvalue weighted by Crippen LogP contribution is -2.26. The maximum atomic E-state index is 13.7. The molecule has 3 aromatic rings. The van der Waals surface area contributed by atoms with Gasteiger partial charge in [-0.25, -0.2) is 4.39 Å². The number of halogens is 2. The first-order valence-electron chi connectivity index (χ1n) is 7.28. The predicted octanol–water partition coefficient (Wildman–Crippen LogP) is 3.50. The fourth-order valence-electron chi connectivity index (χ4n) is 2.84. The van der Waals surface area contributed by atoms with E-state index in [1.54, 1.807) is 18.2 Å². The van der Waals surface area contributed by atoms with Crippen molar-refractivity contribution in [1.29, 1.82) is 0 Å². The Balaban J connectivity index is 2.19. The van der Waals surface area contributed by atoms with Gasteiger partial charge in [-0.15, -0.1) is 11.8 Å². The van der Waals surface area contributed by atoms with Crippen LogP contribution < -0.4 is 5.11 Å². The number of carbonyl (C=O) groups is 1. The highest BCUT2D eigenvalue weighted by molar-refractivity contribution is 7.98. The molecule has 0 aliphatic heterocycles. The standard InChI is InChI=1S/C18H15ClFNO2S/c1-24-18-14-8-13(20)6-7-15(14)21(16(18)9-17(22)23)10-11-2-4-12(19)5-3-11/h2-8H,9-10H2,1H3,(H,22,23)/p-1. The van der Waals surface area contributed by atoms with Crippen LogP contribution in [0.15, 0.2) is 47.4 Å². The molecule has 0 bridgehead atoms. The van der Waals surface area contributed by atoms with E-state index in [2.05, 4.69) is 0 Å². The minimum atomic E-state index is -1.16. The van der Waals surface area contributed by atoms with Crippen molar-refractivity contribution in [2.75, 3.05) is 6.26 Å². The number of thioether (sulfide) groups is 1. The molecular formula is C18H14ClFNO2S-. The second-order valence-corrected chi connectivity index (χ2v) is 6.66. The number of aliphatic carboxylic acids is 1. The molecule has 0 amide bonds. The molecule has 0 saturated carbocycles. The smallest absolute Gasteiger partial charge is 0.123 e. The first-order chi connectivity index (χ1) is 11.5. The van der Waals surface area contributed by atoms with E-state index in [4.69, 9.17) is 11.6 Å². The zero-order valence-electron chi connectivity index (χ0n) is 12.9. The van der Waals surface area contributed by atoms with Crippen LogP contribution in [0.1, 0.15) is 11.3 Å². The molecule has 6 heteroatoms. The average Bonchev–Trinajstić information content (AvgIpc) is 2.81. The molecule has 1 aromatic heterocycles. The zero-order valence-corrected chi connectivity index (χ0v) is 14.5. The Morgan fingerprint density at radius 2 is 1.96 bits per heavy atom. The molecule has 0 N–H and O–H groups in total. The van der Waals surface area contributed by atoms with E-state index in [0.29, 0.717) is 22.6 Å². The third-order valence-electron chi connectivity index (χ3n) is 3.85. The van der Waals surface area contributed by atoms with E-state index >= 15 is 0 Å². The molecule has 3 rings (SSSR count). The van der Waals surface area contributed by atoms with Crippen molar-refractivity contribution in [2.24, 2.45) is 0 Å². The van der Waals surface area contributed by atoms with Crippen molar-refractivity contribution >= 4 is 40.2 Å². The Morgan fingerprint density at radius 3 is 2.58 bits per heavy atom. The molecule has 0 unspecified atom stereocenters. The Labute approximate surface area is 148 Å². The van der Waals surface area contributed by atoms with Crippen molar-refractivity contribution < 1.29 is 14.3 Å². The van der Waals surface area contributed by atoms with Crippen molar-refractivity contribution in [3.63, 3.8) is 0 Å². The summed E-state index contributed by atoms with van der Waals surface area (Å²) in [6.45, 7) is 0.475. The van der Waals surface area contributed by atoms with Crippen LogP contribution in [0.5, 0.6) is 0 Å². The normalized spacial score (nSPS) is 11.1. The van der Waals surface area contributed by atoms with E-state index in [1.807, 2.05) is 23.0 Å². The van der Waals surface area contributed by atoms with E-state index in [-0.39, 0.29) is 12.2 Å². The highest BCUT2D eigenvalue weighted by atomic mass is 35.5. The minimum absolute atomic E-state index is 0.222. The maximum Gasteiger partial charge on any atom is 0.123 e. The number of hydrogen-bond donors (Lipinski definition) is 0. The Morgan fingerprint density at radius 1 is 1.25 bits per heavy atom. The summed E-state index contributed by atoms with van der Waals surface area (Å²) in [4.78, 5) is 12.0. The van der Waals surface area contributed by atoms with Gasteiger partial charge in [0, 0.05) is 45.4 Å². The Kier molecular flexibility index (Phi) is 4.83. The van der Waals surface area contributed by atoms with E-state index in [9.17, 15) is 14.3 Å². The number of rotatable bonds is 5. The molecule has 3 nitrogen and oxygen atoms in total. The van der Waals surface area contributed by atoms with Gasteiger partial charge in [0.15, 0.2) is 0 Å². The number of aromatic nitrogens is 1. The number of nitrogens with zero attached hydrogens (tertiary/aromatic N) is 1. The van der Waals surface area contributed by atoms with Gasteiger partial charge in [0.05, 0.1) is 0 Å². The molecule has 1 heterocycles. The second kappa shape index (κ2) is 6.87. The summed E-state index contributed by atoms with van der Waals surface area (Å²) in [7, 11) is 0. The van der Waals surface area contributed by atoms with Crippen LogP contribution in [0.3, 0.4) is 0 Å². The van der Waals surface area contributed by atoms with Gasteiger partial charge in [-0.3, -0.25) is 0 Å². The molecule has 0 atom stereocenters. The third kappa shape index (κ3) is 3.28. The summed E-state index contributed by atoms with van der Waals surface area (Å²) in [6, 6.07) is 11.9. The highest BCUT2D eigenvalue weighted by Gasteiger charge is 2.17. The molecule has 124 valence electrons. The molecule has 0 radical (unpaired) electrons. The van der Waals surface area contributed by atoms with Crippen LogP contribution in [-0.4, -0.2) is 16.8 Å². The van der Waals surface area contributed by atoms with Crippen molar-refractivity contribution in [3.05, 3.63) is 64.6 Å². The largest absolute Gasteiger partial charge is 0.550 e. The number of carboxylic acids is 1. The molecule has 0 spiro atoms. The average molecular weight is 363 g/mol.